The first-order chi connectivity index (χ1) is 9.15. The smallest absolute Gasteiger partial charge is 0.150 e. The summed E-state index contributed by atoms with van der Waals surface area (Å²) >= 11 is 5.98. The van der Waals surface area contributed by atoms with Crippen molar-refractivity contribution >= 4 is 24.0 Å². The minimum Gasteiger partial charge on any atom is -0.492 e. The van der Waals surface area contributed by atoms with Crippen molar-refractivity contribution in [3.8, 4) is 5.75 Å². The number of ether oxygens (including phenoxy) is 1. The van der Waals surface area contributed by atoms with E-state index < -0.39 is 0 Å². The zero-order valence-electron chi connectivity index (χ0n) is 11.6. The van der Waals surface area contributed by atoms with E-state index in [9.17, 15) is 4.39 Å². The van der Waals surface area contributed by atoms with Crippen LogP contribution in [0.3, 0.4) is 0 Å². The van der Waals surface area contributed by atoms with Crippen LogP contribution in [0.15, 0.2) is 12.1 Å². The van der Waals surface area contributed by atoms with Gasteiger partial charge >= 0.3 is 0 Å². The van der Waals surface area contributed by atoms with E-state index in [0.717, 1.165) is 19.5 Å². The summed E-state index contributed by atoms with van der Waals surface area (Å²) in [4.78, 5) is 2.21. The van der Waals surface area contributed by atoms with Crippen molar-refractivity contribution in [3.05, 3.63) is 28.5 Å². The summed E-state index contributed by atoms with van der Waals surface area (Å²) in [6, 6.07) is 3.49. The Labute approximate surface area is 130 Å². The van der Waals surface area contributed by atoms with Crippen LogP contribution >= 0.6 is 24.0 Å². The number of hydrogen-bond donors (Lipinski definition) is 1. The average Bonchev–Trinajstić information content (AvgIpc) is 2.86. The molecule has 1 aromatic carbocycles. The summed E-state index contributed by atoms with van der Waals surface area (Å²) in [5, 5.41) is 0.0777. The molecule has 0 saturated carbocycles. The predicted molar refractivity (Wildman–Crippen MR) is 82.3 cm³/mol. The Kier molecular flexibility index (Phi) is 7.03. The third kappa shape index (κ3) is 3.98. The Balaban J connectivity index is 0.00000200. The summed E-state index contributed by atoms with van der Waals surface area (Å²) < 4.78 is 19.4. The summed E-state index contributed by atoms with van der Waals surface area (Å²) in [5.41, 5.74) is 6.28. The zero-order valence-corrected chi connectivity index (χ0v) is 13.1. The summed E-state index contributed by atoms with van der Waals surface area (Å²) in [6.45, 7) is 5.49. The molecule has 3 nitrogen and oxygen atoms in total. The molecule has 0 unspecified atom stereocenters. The molecule has 1 saturated heterocycles. The highest BCUT2D eigenvalue weighted by Crippen LogP contribution is 2.30. The number of halogens is 3. The molecule has 20 heavy (non-hydrogen) atoms. The van der Waals surface area contributed by atoms with Gasteiger partial charge in [-0.3, -0.25) is 4.90 Å². The second-order valence-electron chi connectivity index (χ2n) is 4.91. The molecule has 6 heteroatoms. The van der Waals surface area contributed by atoms with Crippen LogP contribution in [0, 0.1) is 11.7 Å². The van der Waals surface area contributed by atoms with Gasteiger partial charge in [-0.15, -0.1) is 12.4 Å². The van der Waals surface area contributed by atoms with Gasteiger partial charge in [0.05, 0.1) is 6.61 Å². The first kappa shape index (κ1) is 17.5. The highest BCUT2D eigenvalue weighted by atomic mass is 35.5. The van der Waals surface area contributed by atoms with E-state index in [-0.39, 0.29) is 23.2 Å². The molecule has 1 aliphatic rings. The van der Waals surface area contributed by atoms with Gasteiger partial charge in [-0.2, -0.15) is 0 Å². The molecule has 2 N–H and O–H groups in total. The minimum atomic E-state index is -0.371. The molecular formula is C14H21Cl2FN2O. The van der Waals surface area contributed by atoms with Crippen LogP contribution in [0.1, 0.15) is 18.9 Å². The fraction of sp³-hybridized carbons (Fsp3) is 0.571. The Bertz CT molecular complexity index is 445. The number of nitrogens with two attached hydrogens (primary N) is 1. The molecule has 1 aromatic rings. The number of rotatable bonds is 5. The molecule has 0 spiro atoms. The van der Waals surface area contributed by atoms with Crippen LogP contribution in [0.4, 0.5) is 4.39 Å². The Morgan fingerprint density at radius 2 is 2.25 bits per heavy atom. The lowest BCUT2D eigenvalue weighted by molar-refractivity contribution is 0.310. The van der Waals surface area contributed by atoms with Gasteiger partial charge in [-0.05, 0) is 38.4 Å². The van der Waals surface area contributed by atoms with E-state index in [1.165, 1.54) is 0 Å². The maximum atomic E-state index is 14.2. The standard InChI is InChI=1S/C14H20ClFN2O.ClH/c1-2-19-12-4-3-11(14(16)13(12)15)9-18-6-5-10(7-17)8-18;/h3-4,10H,2,5-9,17H2,1H3;1H/t10-;/m0./s1. The first-order valence-corrected chi connectivity index (χ1v) is 7.05. The molecule has 0 radical (unpaired) electrons. The van der Waals surface area contributed by atoms with Crippen molar-refractivity contribution in [3.63, 3.8) is 0 Å². The van der Waals surface area contributed by atoms with Gasteiger partial charge in [0.15, 0.2) is 0 Å². The summed E-state index contributed by atoms with van der Waals surface area (Å²) in [5.74, 6) is 0.566. The Morgan fingerprint density at radius 1 is 1.50 bits per heavy atom. The molecule has 2 rings (SSSR count). The highest BCUT2D eigenvalue weighted by Gasteiger charge is 2.23. The van der Waals surface area contributed by atoms with E-state index >= 15 is 0 Å². The lowest BCUT2D eigenvalue weighted by Crippen LogP contribution is -2.23. The zero-order chi connectivity index (χ0) is 13.8. The quantitative estimate of drug-likeness (QED) is 0.905. The van der Waals surface area contributed by atoms with Crippen molar-refractivity contribution in [2.45, 2.75) is 19.9 Å². The molecule has 0 bridgehead atoms. The van der Waals surface area contributed by atoms with E-state index in [4.69, 9.17) is 22.1 Å². The average molecular weight is 323 g/mol. The van der Waals surface area contributed by atoms with Gasteiger partial charge in [-0.1, -0.05) is 17.7 Å². The van der Waals surface area contributed by atoms with Crippen LogP contribution in [0.25, 0.3) is 0 Å². The molecule has 1 heterocycles. The highest BCUT2D eigenvalue weighted by molar-refractivity contribution is 6.32. The van der Waals surface area contributed by atoms with Crippen LogP contribution < -0.4 is 10.5 Å². The van der Waals surface area contributed by atoms with E-state index in [1.54, 1.807) is 12.1 Å². The maximum absolute atomic E-state index is 14.2. The van der Waals surface area contributed by atoms with E-state index in [1.807, 2.05) is 6.92 Å². The molecule has 0 aliphatic carbocycles. The third-order valence-corrected chi connectivity index (χ3v) is 3.88. The van der Waals surface area contributed by atoms with Crippen molar-refractivity contribution in [2.75, 3.05) is 26.2 Å². The topological polar surface area (TPSA) is 38.5 Å². The fourth-order valence-electron chi connectivity index (χ4n) is 2.45. The van der Waals surface area contributed by atoms with Crippen LogP contribution in [-0.2, 0) is 6.54 Å². The lowest BCUT2D eigenvalue weighted by atomic mass is 10.1. The van der Waals surface area contributed by atoms with Gasteiger partial charge in [0.2, 0.25) is 0 Å². The van der Waals surface area contributed by atoms with Crippen molar-refractivity contribution in [2.24, 2.45) is 11.7 Å². The lowest BCUT2D eigenvalue weighted by Gasteiger charge is -2.17. The number of nitrogens with zero attached hydrogens (tertiary/aromatic N) is 1. The number of hydrogen-bond acceptors (Lipinski definition) is 3. The number of benzene rings is 1. The molecule has 1 atom stereocenters. The normalized spacial score (nSPS) is 18.9. The molecule has 0 amide bonds. The van der Waals surface area contributed by atoms with Crippen molar-refractivity contribution < 1.29 is 9.13 Å². The van der Waals surface area contributed by atoms with Gasteiger partial charge in [0, 0.05) is 18.7 Å². The molecule has 1 aliphatic heterocycles. The van der Waals surface area contributed by atoms with Crippen LogP contribution in [0.5, 0.6) is 5.75 Å². The largest absolute Gasteiger partial charge is 0.492 e. The van der Waals surface area contributed by atoms with Gasteiger partial charge in [0.1, 0.15) is 16.6 Å². The van der Waals surface area contributed by atoms with Crippen molar-refractivity contribution in [1.82, 2.24) is 4.90 Å². The van der Waals surface area contributed by atoms with Crippen LogP contribution in [-0.4, -0.2) is 31.1 Å². The summed E-state index contributed by atoms with van der Waals surface area (Å²) in [7, 11) is 0. The predicted octanol–water partition coefficient (Wildman–Crippen LogP) is 3.08. The second-order valence-corrected chi connectivity index (χ2v) is 5.29. The van der Waals surface area contributed by atoms with E-state index in [2.05, 4.69) is 4.90 Å². The molecule has 1 fully saturated rings. The SMILES string of the molecule is CCOc1ccc(CN2CC[C@@H](CN)C2)c(F)c1Cl.Cl. The molecular weight excluding hydrogens is 302 g/mol. The van der Waals surface area contributed by atoms with Crippen molar-refractivity contribution in [1.29, 1.82) is 0 Å². The second kappa shape index (κ2) is 8.03. The summed E-state index contributed by atoms with van der Waals surface area (Å²) in [6.07, 6.45) is 1.09. The third-order valence-electron chi connectivity index (χ3n) is 3.52. The minimum absolute atomic E-state index is 0. The Hall–Kier alpha value is -0.550. The Morgan fingerprint density at radius 3 is 2.85 bits per heavy atom. The van der Waals surface area contributed by atoms with Gasteiger partial charge < -0.3 is 10.5 Å². The van der Waals surface area contributed by atoms with Gasteiger partial charge in [-0.25, -0.2) is 4.39 Å². The van der Waals surface area contributed by atoms with Gasteiger partial charge in [0.25, 0.3) is 0 Å². The first-order valence-electron chi connectivity index (χ1n) is 6.67. The molecule has 114 valence electrons. The fourth-order valence-corrected chi connectivity index (χ4v) is 2.69. The maximum Gasteiger partial charge on any atom is 0.150 e. The number of likely N-dealkylation sites (tertiary alicyclic amines) is 1. The van der Waals surface area contributed by atoms with E-state index in [0.29, 0.717) is 36.9 Å². The molecule has 0 aromatic heterocycles. The van der Waals surface area contributed by atoms with Crippen LogP contribution in [0.2, 0.25) is 5.02 Å². The monoisotopic (exact) mass is 322 g/mol.